The smallest absolute Gasteiger partial charge is 0.206 e. The van der Waals surface area contributed by atoms with Crippen LogP contribution in [0.4, 0.5) is 0 Å². The largest absolute Gasteiger partial charge is 0.381 e. The summed E-state index contributed by atoms with van der Waals surface area (Å²) in [5.41, 5.74) is 0. The van der Waals surface area contributed by atoms with E-state index >= 15 is 0 Å². The number of aromatic nitrogens is 4. The summed E-state index contributed by atoms with van der Waals surface area (Å²) in [6, 6.07) is 0. The Morgan fingerprint density at radius 1 is 1.62 bits per heavy atom. The van der Waals surface area contributed by atoms with E-state index in [2.05, 4.69) is 35.1 Å². The molecule has 0 bridgehead atoms. The first-order chi connectivity index (χ1) is 6.27. The van der Waals surface area contributed by atoms with Gasteiger partial charge in [-0.1, -0.05) is 6.92 Å². The molecule has 0 radical (unpaired) electrons. The average molecular weight is 202 g/mol. The fraction of sp³-hybridized carbons (Fsp3) is 0.857. The second-order valence-corrected chi connectivity index (χ2v) is 3.16. The molecule has 1 aromatic rings. The van der Waals surface area contributed by atoms with Gasteiger partial charge in [0.05, 0.1) is 6.10 Å². The van der Waals surface area contributed by atoms with Crippen LogP contribution in [0.3, 0.4) is 0 Å². The lowest BCUT2D eigenvalue weighted by molar-refractivity contribution is 0.0865. The maximum absolute atomic E-state index is 5.23. The summed E-state index contributed by atoms with van der Waals surface area (Å²) in [6.07, 6.45) is 2.18. The van der Waals surface area contributed by atoms with Gasteiger partial charge >= 0.3 is 0 Å². The summed E-state index contributed by atoms with van der Waals surface area (Å²) in [6.45, 7) is 2.84. The molecule has 0 N–H and O–H groups in total. The molecule has 1 aromatic heterocycles. The van der Waals surface area contributed by atoms with Gasteiger partial charge in [-0.2, -0.15) is 0 Å². The highest BCUT2D eigenvalue weighted by atomic mass is 32.1. The number of ether oxygens (including phenoxy) is 1. The van der Waals surface area contributed by atoms with Crippen molar-refractivity contribution in [1.82, 2.24) is 20.2 Å². The number of hydrogen-bond donors (Lipinski definition) is 1. The third kappa shape index (κ3) is 2.96. The Balaban J connectivity index is 2.38. The summed E-state index contributed by atoms with van der Waals surface area (Å²) in [5.74, 6) is 0. The van der Waals surface area contributed by atoms with E-state index < -0.39 is 0 Å². The molecule has 0 spiro atoms. The quantitative estimate of drug-likeness (QED) is 0.717. The number of hydrogen-bond acceptors (Lipinski definition) is 5. The van der Waals surface area contributed by atoms with Crippen LogP contribution in [-0.4, -0.2) is 33.4 Å². The number of tetrazole rings is 1. The van der Waals surface area contributed by atoms with E-state index in [1.54, 1.807) is 11.8 Å². The molecule has 0 saturated heterocycles. The highest BCUT2D eigenvalue weighted by Gasteiger charge is 2.06. The van der Waals surface area contributed by atoms with Crippen LogP contribution in [0.5, 0.6) is 0 Å². The van der Waals surface area contributed by atoms with Crippen molar-refractivity contribution in [2.24, 2.45) is 0 Å². The lowest BCUT2D eigenvalue weighted by atomic mass is 10.2. The molecule has 6 heteroatoms. The summed E-state index contributed by atoms with van der Waals surface area (Å²) >= 11 is 4.10. The van der Waals surface area contributed by atoms with Gasteiger partial charge in [0.25, 0.3) is 0 Å². The molecule has 0 aliphatic rings. The molecule has 0 fully saturated rings. The molecular weight excluding hydrogens is 188 g/mol. The minimum atomic E-state index is 0.275. The SMILES string of the molecule is CCC(CCn1nnnc1S)OC. The molecule has 74 valence electrons. The van der Waals surface area contributed by atoms with Crippen LogP contribution in [0.2, 0.25) is 0 Å². The van der Waals surface area contributed by atoms with Gasteiger partial charge in [0, 0.05) is 13.7 Å². The maximum Gasteiger partial charge on any atom is 0.206 e. The van der Waals surface area contributed by atoms with Crippen LogP contribution in [0.15, 0.2) is 5.16 Å². The van der Waals surface area contributed by atoms with Crippen molar-refractivity contribution in [2.45, 2.75) is 37.6 Å². The first kappa shape index (κ1) is 10.5. The molecule has 0 aliphatic carbocycles. The van der Waals surface area contributed by atoms with E-state index in [1.165, 1.54) is 0 Å². The standard InChI is InChI=1S/C7H14N4OS/c1-3-6(12-2)4-5-11-7(13)8-9-10-11/h6H,3-5H2,1-2H3,(H,8,10,13). The Hall–Kier alpha value is -0.620. The van der Waals surface area contributed by atoms with Gasteiger partial charge in [0.2, 0.25) is 5.16 Å². The molecule has 1 atom stereocenters. The van der Waals surface area contributed by atoms with Crippen molar-refractivity contribution in [3.8, 4) is 0 Å². The van der Waals surface area contributed by atoms with Crippen molar-refractivity contribution >= 4 is 12.6 Å². The van der Waals surface area contributed by atoms with E-state index in [0.29, 0.717) is 5.16 Å². The zero-order valence-electron chi connectivity index (χ0n) is 7.84. The molecule has 5 nitrogen and oxygen atoms in total. The van der Waals surface area contributed by atoms with Gasteiger partial charge in [-0.3, -0.25) is 0 Å². The Kier molecular flexibility index (Phi) is 4.17. The molecule has 0 aromatic carbocycles. The van der Waals surface area contributed by atoms with Crippen LogP contribution in [0, 0.1) is 0 Å². The molecule has 0 amide bonds. The Morgan fingerprint density at radius 3 is 2.85 bits per heavy atom. The third-order valence-electron chi connectivity index (χ3n) is 1.96. The molecular formula is C7H14N4OS. The van der Waals surface area contributed by atoms with E-state index in [0.717, 1.165) is 19.4 Å². The Labute approximate surface area is 82.9 Å². The lowest BCUT2D eigenvalue weighted by Gasteiger charge is -2.11. The Bertz CT molecular complexity index is 248. The topological polar surface area (TPSA) is 52.8 Å². The van der Waals surface area contributed by atoms with Crippen LogP contribution in [0.1, 0.15) is 19.8 Å². The van der Waals surface area contributed by atoms with Gasteiger partial charge in [-0.05, 0) is 23.3 Å². The average Bonchev–Trinajstić information content (AvgIpc) is 2.54. The van der Waals surface area contributed by atoms with E-state index in [4.69, 9.17) is 4.74 Å². The Morgan fingerprint density at radius 2 is 2.38 bits per heavy atom. The first-order valence-corrected chi connectivity index (χ1v) is 4.70. The zero-order valence-corrected chi connectivity index (χ0v) is 8.74. The van der Waals surface area contributed by atoms with Gasteiger partial charge < -0.3 is 4.74 Å². The monoisotopic (exact) mass is 202 g/mol. The molecule has 1 heterocycles. The predicted molar refractivity (Wildman–Crippen MR) is 50.8 cm³/mol. The molecule has 13 heavy (non-hydrogen) atoms. The normalized spacial score (nSPS) is 13.2. The van der Waals surface area contributed by atoms with E-state index in [9.17, 15) is 0 Å². The number of methoxy groups -OCH3 is 1. The third-order valence-corrected chi connectivity index (χ3v) is 2.28. The van der Waals surface area contributed by atoms with E-state index in [1.807, 2.05) is 0 Å². The van der Waals surface area contributed by atoms with Crippen molar-refractivity contribution < 1.29 is 4.74 Å². The fourth-order valence-corrected chi connectivity index (χ4v) is 1.28. The lowest BCUT2D eigenvalue weighted by Crippen LogP contribution is -2.13. The van der Waals surface area contributed by atoms with Crippen LogP contribution in [-0.2, 0) is 11.3 Å². The van der Waals surface area contributed by atoms with Gasteiger partial charge in [0.15, 0.2) is 0 Å². The van der Waals surface area contributed by atoms with Crippen molar-refractivity contribution in [3.63, 3.8) is 0 Å². The minimum absolute atomic E-state index is 0.275. The second kappa shape index (κ2) is 5.18. The highest BCUT2D eigenvalue weighted by molar-refractivity contribution is 7.80. The molecule has 1 unspecified atom stereocenters. The molecule has 0 saturated carbocycles. The number of rotatable bonds is 5. The zero-order chi connectivity index (χ0) is 9.68. The fourth-order valence-electron chi connectivity index (χ4n) is 1.10. The summed E-state index contributed by atoms with van der Waals surface area (Å²) < 4.78 is 6.89. The van der Waals surface area contributed by atoms with Crippen molar-refractivity contribution in [2.75, 3.05) is 7.11 Å². The molecule has 0 aliphatic heterocycles. The van der Waals surface area contributed by atoms with Gasteiger partial charge in [0.1, 0.15) is 0 Å². The maximum atomic E-state index is 5.23. The highest BCUT2D eigenvalue weighted by Crippen LogP contribution is 2.05. The minimum Gasteiger partial charge on any atom is -0.381 e. The van der Waals surface area contributed by atoms with Crippen LogP contribution in [0.25, 0.3) is 0 Å². The van der Waals surface area contributed by atoms with Gasteiger partial charge in [-0.25, -0.2) is 4.68 Å². The number of nitrogens with zero attached hydrogens (tertiary/aromatic N) is 4. The van der Waals surface area contributed by atoms with Crippen LogP contribution >= 0.6 is 12.6 Å². The summed E-state index contributed by atoms with van der Waals surface area (Å²) in [5, 5.41) is 11.5. The van der Waals surface area contributed by atoms with Crippen molar-refractivity contribution in [3.05, 3.63) is 0 Å². The summed E-state index contributed by atoms with van der Waals surface area (Å²) in [4.78, 5) is 0. The first-order valence-electron chi connectivity index (χ1n) is 4.25. The van der Waals surface area contributed by atoms with E-state index in [-0.39, 0.29) is 6.10 Å². The number of aryl methyl sites for hydroxylation is 1. The number of thiol groups is 1. The second-order valence-electron chi connectivity index (χ2n) is 2.76. The summed E-state index contributed by atoms with van der Waals surface area (Å²) in [7, 11) is 1.72. The van der Waals surface area contributed by atoms with Gasteiger partial charge in [-0.15, -0.1) is 17.7 Å². The molecule has 1 rings (SSSR count). The predicted octanol–water partition coefficient (Wildman–Crippen LogP) is 0.777. The van der Waals surface area contributed by atoms with Crippen LogP contribution < -0.4 is 0 Å². The van der Waals surface area contributed by atoms with Crippen molar-refractivity contribution in [1.29, 1.82) is 0 Å².